The average molecular weight is 1190 g/mol. The molecule has 2 aliphatic heterocycles. The fourth-order valence-corrected chi connectivity index (χ4v) is 12.6. The van der Waals surface area contributed by atoms with E-state index in [1.54, 1.807) is 84.0 Å². The van der Waals surface area contributed by atoms with Crippen molar-refractivity contribution in [3.8, 4) is 11.1 Å². The summed E-state index contributed by atoms with van der Waals surface area (Å²) in [6.07, 6.45) is -0.441. The number of Topliss-reactive ketones (excluding diaryl/α,β-unsaturated/α-hetero) is 2. The summed E-state index contributed by atoms with van der Waals surface area (Å²) >= 11 is 0. The molecule has 2 aliphatic rings. The van der Waals surface area contributed by atoms with E-state index in [2.05, 4.69) is 5.32 Å². The monoisotopic (exact) mass is 1190 g/mol. The number of carbonyl (C=O) groups is 9. The van der Waals surface area contributed by atoms with Crippen LogP contribution < -0.4 is 5.32 Å². The highest BCUT2D eigenvalue weighted by molar-refractivity contribution is 5.99. The van der Waals surface area contributed by atoms with Crippen LogP contribution in [0.2, 0.25) is 0 Å². The molecule has 2 fully saturated rings. The van der Waals surface area contributed by atoms with E-state index in [9.17, 15) is 23.9 Å². The third-order valence-corrected chi connectivity index (χ3v) is 17.7. The summed E-state index contributed by atoms with van der Waals surface area (Å²) in [6.45, 7) is 21.0. The molecule has 0 aromatic heterocycles. The zero-order valence-corrected chi connectivity index (χ0v) is 53.8. The molecule has 0 saturated carbocycles. The van der Waals surface area contributed by atoms with Crippen LogP contribution in [0.25, 0.3) is 11.1 Å². The molecule has 0 spiro atoms. The fourth-order valence-electron chi connectivity index (χ4n) is 12.6. The van der Waals surface area contributed by atoms with Gasteiger partial charge in [-0.05, 0) is 97.6 Å². The maximum atomic E-state index is 15.7. The number of carbonyl (C=O) groups excluding carboxylic acids is 9. The molecule has 5 rings (SSSR count). The molecule has 0 bridgehead atoms. The number of esters is 1. The number of cyclic esters (lactones) is 1. The number of benzene rings is 3. The number of amides is 6. The van der Waals surface area contributed by atoms with E-state index >= 15 is 28.8 Å². The van der Waals surface area contributed by atoms with Crippen LogP contribution >= 0.6 is 0 Å². The van der Waals surface area contributed by atoms with E-state index in [-0.39, 0.29) is 62.7 Å². The number of hydrogen-bond donors (Lipinski definition) is 2. The molecule has 472 valence electrons. The Labute approximate surface area is 510 Å². The standard InChI is InChI=1S/C68H97FN6O11/c1-17-43(9)51-39-55(76)53-28-23-33-75(53)65(82)54(37-46-26-22-27-48(35-46)47-29-31-50(69)32-30-47)71(13)64(81)52(36-45-24-20-19-21-25-45)70-61(78)58(42(7)8)73(15)66(83)59(44(10)18-2)86-67(84)60(68(11,12)85)74(16)62(79)49(34-40(3)4)38-56(77)57(41(5)6)72(14)63(51)80/h19-22,24-27,29-32,35,40-44,49,51-54,57-60,85H,17-18,23,28,33-34,36-39H2,1-16H3,(H,70,78)/t43?,44?,49-,51+,52+,53?,54?,57+,58+,59-,60-/m1/s1. The Morgan fingerprint density at radius 1 is 0.628 bits per heavy atom. The van der Waals surface area contributed by atoms with Gasteiger partial charge in [0.25, 0.3) is 5.91 Å². The molecule has 18 heteroatoms. The van der Waals surface area contributed by atoms with Crippen molar-refractivity contribution in [2.45, 2.75) is 189 Å². The van der Waals surface area contributed by atoms with Crippen molar-refractivity contribution in [2.75, 3.05) is 34.7 Å². The van der Waals surface area contributed by atoms with Gasteiger partial charge in [-0.1, -0.05) is 142 Å². The van der Waals surface area contributed by atoms with E-state index in [0.717, 1.165) is 10.5 Å². The normalized spacial score (nSPS) is 25.5. The van der Waals surface area contributed by atoms with Crippen molar-refractivity contribution in [2.24, 2.45) is 41.4 Å². The van der Waals surface area contributed by atoms with Crippen molar-refractivity contribution in [3.05, 3.63) is 95.8 Å². The summed E-state index contributed by atoms with van der Waals surface area (Å²) in [7, 11) is 5.77. The van der Waals surface area contributed by atoms with Crippen LogP contribution in [0.5, 0.6) is 0 Å². The van der Waals surface area contributed by atoms with Crippen LogP contribution in [0.3, 0.4) is 0 Å². The van der Waals surface area contributed by atoms with E-state index in [0.29, 0.717) is 36.0 Å². The summed E-state index contributed by atoms with van der Waals surface area (Å²) in [5, 5.41) is 14.7. The van der Waals surface area contributed by atoms with Crippen LogP contribution in [0.15, 0.2) is 78.9 Å². The van der Waals surface area contributed by atoms with Gasteiger partial charge in [-0.25, -0.2) is 9.18 Å². The fraction of sp³-hybridized carbons (Fsp3) is 0.603. The van der Waals surface area contributed by atoms with Crippen molar-refractivity contribution >= 4 is 53.0 Å². The summed E-state index contributed by atoms with van der Waals surface area (Å²) in [4.78, 5) is 143. The maximum absolute atomic E-state index is 15.7. The van der Waals surface area contributed by atoms with Gasteiger partial charge in [0, 0.05) is 78.2 Å². The Kier molecular flexibility index (Phi) is 25.0. The van der Waals surface area contributed by atoms with Gasteiger partial charge in [-0.2, -0.15) is 0 Å². The Morgan fingerprint density at radius 3 is 1.79 bits per heavy atom. The first-order valence-corrected chi connectivity index (χ1v) is 30.9. The first-order chi connectivity index (χ1) is 40.3. The maximum Gasteiger partial charge on any atom is 0.332 e. The lowest BCUT2D eigenvalue weighted by Crippen LogP contribution is -2.61. The third-order valence-electron chi connectivity index (χ3n) is 17.7. The quantitative estimate of drug-likeness (QED) is 0.147. The van der Waals surface area contributed by atoms with Gasteiger partial charge in [0.1, 0.15) is 23.9 Å². The van der Waals surface area contributed by atoms with Crippen molar-refractivity contribution in [1.82, 2.24) is 29.8 Å². The minimum atomic E-state index is -1.96. The van der Waals surface area contributed by atoms with Gasteiger partial charge >= 0.3 is 5.97 Å². The number of likely N-dealkylation sites (N-methyl/N-ethyl adjacent to an activating group) is 4. The predicted octanol–water partition coefficient (Wildman–Crippen LogP) is 8.36. The molecule has 0 aliphatic carbocycles. The first kappa shape index (κ1) is 69.9. The molecule has 86 heavy (non-hydrogen) atoms. The van der Waals surface area contributed by atoms with Crippen LogP contribution in [0, 0.1) is 47.2 Å². The van der Waals surface area contributed by atoms with Gasteiger partial charge in [-0.15, -0.1) is 0 Å². The number of halogens is 1. The Hall–Kier alpha value is -6.82. The molecular formula is C68H97FN6O11. The van der Waals surface area contributed by atoms with Gasteiger partial charge in [-0.3, -0.25) is 38.4 Å². The van der Waals surface area contributed by atoms with E-state index in [1.807, 2.05) is 52.0 Å². The number of nitrogens with one attached hydrogen (secondary N) is 1. The lowest BCUT2D eigenvalue weighted by Gasteiger charge is -2.39. The lowest BCUT2D eigenvalue weighted by atomic mass is 9.82. The topological polar surface area (TPSA) is 211 Å². The molecule has 11 atom stereocenters. The number of aliphatic hydroxyl groups is 1. The molecule has 4 unspecified atom stereocenters. The number of nitrogens with zero attached hydrogens (tertiary/aromatic N) is 5. The summed E-state index contributed by atoms with van der Waals surface area (Å²) in [5.74, 6) is -10.2. The lowest BCUT2D eigenvalue weighted by molar-refractivity contribution is -0.178. The van der Waals surface area contributed by atoms with E-state index in [1.165, 1.54) is 73.8 Å². The molecule has 6 amide bonds. The van der Waals surface area contributed by atoms with Crippen molar-refractivity contribution in [3.63, 3.8) is 0 Å². The van der Waals surface area contributed by atoms with Gasteiger partial charge < -0.3 is 39.7 Å². The minimum Gasteiger partial charge on any atom is -0.450 e. The second kappa shape index (κ2) is 30.7. The van der Waals surface area contributed by atoms with Gasteiger partial charge in [0.2, 0.25) is 29.5 Å². The van der Waals surface area contributed by atoms with Crippen LogP contribution in [-0.2, 0) is 60.7 Å². The summed E-state index contributed by atoms with van der Waals surface area (Å²) in [5.41, 5.74) is 0.791. The zero-order valence-electron chi connectivity index (χ0n) is 53.8. The van der Waals surface area contributed by atoms with Crippen LogP contribution in [0.1, 0.15) is 139 Å². The highest BCUT2D eigenvalue weighted by atomic mass is 19.1. The van der Waals surface area contributed by atoms with Crippen LogP contribution in [-0.4, -0.2) is 165 Å². The Bertz CT molecular complexity index is 2850. The van der Waals surface area contributed by atoms with E-state index < -0.39 is 131 Å². The van der Waals surface area contributed by atoms with Gasteiger partial charge in [0.15, 0.2) is 23.7 Å². The molecule has 2 saturated heterocycles. The zero-order chi connectivity index (χ0) is 64.2. The Balaban J connectivity index is 1.73. The van der Waals surface area contributed by atoms with Crippen LogP contribution in [0.4, 0.5) is 4.39 Å². The Morgan fingerprint density at radius 2 is 1.22 bits per heavy atom. The number of fused-ring (bicyclic) bond motifs is 1. The van der Waals surface area contributed by atoms with E-state index in [4.69, 9.17) is 4.74 Å². The predicted molar refractivity (Wildman–Crippen MR) is 329 cm³/mol. The van der Waals surface area contributed by atoms with Crippen molar-refractivity contribution in [1.29, 1.82) is 0 Å². The minimum absolute atomic E-state index is 0.0392. The first-order valence-electron chi connectivity index (χ1n) is 30.9. The molecule has 3 aromatic carbocycles. The third kappa shape index (κ3) is 17.2. The molecule has 2 heterocycles. The second-order valence-corrected chi connectivity index (χ2v) is 26.0. The summed E-state index contributed by atoms with van der Waals surface area (Å²) < 4.78 is 20.3. The SMILES string of the molecule is CCC(C)[C@@H]1CC(=O)C2CCCN2C(=O)C(Cc2cccc(-c3ccc(F)cc3)c2)N(C)C(=O)[C@H](Cc2ccccc2)NC(=O)[C@H](C(C)C)N(C)C(=O)[C@@H](C(C)CC)OC(=O)[C@H](C(C)(C)O)N(C)C(=O)[C@H](CC(C)C)CC(=O)[C@H](C(C)C)N(C)C1=O. The number of ketones is 2. The number of rotatable bonds is 14. The average Bonchev–Trinajstić information content (AvgIpc) is 2.56. The van der Waals surface area contributed by atoms with Gasteiger partial charge in [0.05, 0.1) is 17.7 Å². The largest absolute Gasteiger partial charge is 0.450 e. The van der Waals surface area contributed by atoms with Crippen molar-refractivity contribution < 1.29 is 57.4 Å². The molecule has 2 N–H and O–H groups in total. The summed E-state index contributed by atoms with van der Waals surface area (Å²) in [6, 6.07) is 14.7. The number of ether oxygens (including phenoxy) is 1. The molecular weight excluding hydrogens is 1100 g/mol. The molecule has 0 radical (unpaired) electrons. The highest BCUT2D eigenvalue weighted by Gasteiger charge is 2.48. The highest BCUT2D eigenvalue weighted by Crippen LogP contribution is 2.33. The second-order valence-electron chi connectivity index (χ2n) is 26.0. The molecule has 3 aromatic rings. The molecule has 17 nitrogen and oxygen atoms in total. The number of hydrogen-bond acceptors (Lipinski definition) is 11. The smallest absolute Gasteiger partial charge is 0.332 e.